The van der Waals surface area contributed by atoms with Gasteiger partial charge in [0.25, 0.3) is 11.8 Å². The molecule has 2 amide bonds. The molecule has 0 saturated carbocycles. The highest BCUT2D eigenvalue weighted by Gasteiger charge is 2.24. The van der Waals surface area contributed by atoms with E-state index >= 15 is 0 Å². The second-order valence-corrected chi connectivity index (χ2v) is 8.02. The molecule has 3 heterocycles. The quantitative estimate of drug-likeness (QED) is 0.750. The number of fused-ring (bicyclic) bond motifs is 1. The van der Waals surface area contributed by atoms with Gasteiger partial charge >= 0.3 is 0 Å². The first kappa shape index (κ1) is 18.1. The highest BCUT2D eigenvalue weighted by molar-refractivity contribution is 7.99. The van der Waals surface area contributed by atoms with Gasteiger partial charge in [0.2, 0.25) is 0 Å². The fourth-order valence-corrected chi connectivity index (χ4v) is 4.44. The summed E-state index contributed by atoms with van der Waals surface area (Å²) in [6.45, 7) is 4.94. The zero-order chi connectivity index (χ0) is 18.8. The predicted octanol–water partition coefficient (Wildman–Crippen LogP) is 1.81. The van der Waals surface area contributed by atoms with Crippen LogP contribution in [-0.2, 0) is 13.0 Å². The van der Waals surface area contributed by atoms with Crippen LogP contribution in [0.5, 0.6) is 0 Å². The molecule has 0 atom stereocenters. The van der Waals surface area contributed by atoms with Crippen molar-refractivity contribution in [2.75, 3.05) is 36.5 Å². The van der Waals surface area contributed by atoms with Gasteiger partial charge in [-0.3, -0.25) is 14.7 Å². The van der Waals surface area contributed by atoms with Gasteiger partial charge in [-0.25, -0.2) is 0 Å². The van der Waals surface area contributed by atoms with Crippen LogP contribution in [0.4, 0.5) is 5.69 Å². The number of amides is 2. The molecule has 8 heteroatoms. The lowest BCUT2D eigenvalue weighted by Gasteiger charge is -2.27. The Morgan fingerprint density at radius 1 is 1.26 bits per heavy atom. The normalized spacial score (nSPS) is 16.7. The van der Waals surface area contributed by atoms with Crippen molar-refractivity contribution in [3.63, 3.8) is 0 Å². The third-order valence-electron chi connectivity index (χ3n) is 5.13. The molecule has 142 valence electrons. The standard InChI is InChI=1S/C19H23N5O2S/c1-12-13(19(26)24-7-9-27-10-8-24)3-2-4-15(12)21-18(25)17-14-11-20-6-5-16(14)22-23-17/h2-4,20H,5-11H2,1H3,(H,21,25)(H,22,23). The van der Waals surface area contributed by atoms with E-state index in [9.17, 15) is 9.59 Å². The molecular weight excluding hydrogens is 362 g/mol. The Balaban J connectivity index is 1.55. The van der Waals surface area contributed by atoms with Gasteiger partial charge in [0.05, 0.1) is 0 Å². The number of nitrogens with zero attached hydrogens (tertiary/aromatic N) is 2. The summed E-state index contributed by atoms with van der Waals surface area (Å²) in [6.07, 6.45) is 0.840. The molecule has 1 aromatic heterocycles. The van der Waals surface area contributed by atoms with Crippen molar-refractivity contribution in [1.82, 2.24) is 20.4 Å². The van der Waals surface area contributed by atoms with Gasteiger partial charge in [-0.1, -0.05) is 6.07 Å². The van der Waals surface area contributed by atoms with Crippen LogP contribution >= 0.6 is 11.8 Å². The van der Waals surface area contributed by atoms with Gasteiger partial charge < -0.3 is 15.5 Å². The average Bonchev–Trinajstić information content (AvgIpc) is 3.14. The van der Waals surface area contributed by atoms with Crippen molar-refractivity contribution in [2.45, 2.75) is 19.9 Å². The highest BCUT2D eigenvalue weighted by Crippen LogP contribution is 2.23. The maximum atomic E-state index is 12.9. The van der Waals surface area contributed by atoms with Crippen LogP contribution < -0.4 is 10.6 Å². The Bertz CT molecular complexity index is 873. The van der Waals surface area contributed by atoms with Crippen LogP contribution in [0.3, 0.4) is 0 Å². The number of carbonyl (C=O) groups excluding carboxylic acids is 2. The minimum absolute atomic E-state index is 0.0326. The minimum atomic E-state index is -0.252. The van der Waals surface area contributed by atoms with Crippen molar-refractivity contribution in [3.8, 4) is 0 Å². The number of carbonyl (C=O) groups is 2. The third kappa shape index (κ3) is 3.59. The first-order chi connectivity index (χ1) is 13.1. The number of anilines is 1. The monoisotopic (exact) mass is 385 g/mol. The fourth-order valence-electron chi connectivity index (χ4n) is 3.53. The van der Waals surface area contributed by atoms with E-state index < -0.39 is 0 Å². The van der Waals surface area contributed by atoms with Gasteiger partial charge in [0.15, 0.2) is 5.69 Å². The largest absolute Gasteiger partial charge is 0.337 e. The van der Waals surface area contributed by atoms with Crippen LogP contribution in [0.25, 0.3) is 0 Å². The SMILES string of the molecule is Cc1c(NC(=O)c2n[nH]c3c2CNCC3)cccc1C(=O)N1CCSCC1. The summed E-state index contributed by atoms with van der Waals surface area (Å²) >= 11 is 1.87. The summed E-state index contributed by atoms with van der Waals surface area (Å²) < 4.78 is 0. The number of hydrogen-bond donors (Lipinski definition) is 3. The number of aromatic nitrogens is 2. The first-order valence-corrected chi connectivity index (χ1v) is 10.4. The Kier molecular flexibility index (Phi) is 5.18. The second kappa shape index (κ2) is 7.74. The molecule has 0 aliphatic carbocycles. The van der Waals surface area contributed by atoms with Gasteiger partial charge in [-0.2, -0.15) is 16.9 Å². The van der Waals surface area contributed by atoms with Crippen LogP contribution in [0, 0.1) is 6.92 Å². The Labute approximate surface area is 162 Å². The zero-order valence-corrected chi connectivity index (χ0v) is 16.1. The second-order valence-electron chi connectivity index (χ2n) is 6.79. The molecule has 4 rings (SSSR count). The van der Waals surface area contributed by atoms with Crippen molar-refractivity contribution >= 4 is 29.3 Å². The van der Waals surface area contributed by atoms with E-state index in [1.807, 2.05) is 41.8 Å². The average molecular weight is 385 g/mol. The molecule has 0 bridgehead atoms. The molecular formula is C19H23N5O2S. The molecule has 2 aliphatic heterocycles. The first-order valence-electron chi connectivity index (χ1n) is 9.20. The summed E-state index contributed by atoms with van der Waals surface area (Å²) in [5.41, 5.74) is 4.44. The Hall–Kier alpha value is -2.32. The molecule has 0 radical (unpaired) electrons. The summed E-state index contributed by atoms with van der Waals surface area (Å²) in [5.74, 6) is 1.72. The highest BCUT2D eigenvalue weighted by atomic mass is 32.2. The Morgan fingerprint density at radius 2 is 2.07 bits per heavy atom. The van der Waals surface area contributed by atoms with E-state index in [0.717, 1.165) is 54.4 Å². The number of H-pyrrole nitrogens is 1. The number of thioether (sulfide) groups is 1. The number of hydrogen-bond acceptors (Lipinski definition) is 5. The number of aromatic amines is 1. The van der Waals surface area contributed by atoms with E-state index in [2.05, 4.69) is 20.8 Å². The number of rotatable bonds is 3. The molecule has 1 saturated heterocycles. The van der Waals surface area contributed by atoms with Crippen molar-refractivity contribution in [2.24, 2.45) is 0 Å². The van der Waals surface area contributed by atoms with Crippen molar-refractivity contribution < 1.29 is 9.59 Å². The molecule has 2 aromatic rings. The number of benzene rings is 1. The van der Waals surface area contributed by atoms with Gasteiger partial charge in [0.1, 0.15) is 0 Å². The molecule has 0 spiro atoms. The number of nitrogens with one attached hydrogen (secondary N) is 3. The van der Waals surface area contributed by atoms with Gasteiger partial charge in [0, 0.05) is 66.6 Å². The zero-order valence-electron chi connectivity index (χ0n) is 15.3. The van der Waals surface area contributed by atoms with Crippen molar-refractivity contribution in [1.29, 1.82) is 0 Å². The Morgan fingerprint density at radius 3 is 2.89 bits per heavy atom. The lowest BCUT2D eigenvalue weighted by Crippen LogP contribution is -2.38. The topological polar surface area (TPSA) is 90.1 Å². The lowest BCUT2D eigenvalue weighted by atomic mass is 10.0. The van der Waals surface area contributed by atoms with Crippen LogP contribution in [0.2, 0.25) is 0 Å². The van der Waals surface area contributed by atoms with Crippen LogP contribution in [-0.4, -0.2) is 58.1 Å². The molecule has 7 nitrogen and oxygen atoms in total. The smallest absolute Gasteiger partial charge is 0.276 e. The van der Waals surface area contributed by atoms with Crippen LogP contribution in [0.1, 0.15) is 37.7 Å². The molecule has 2 aliphatic rings. The minimum Gasteiger partial charge on any atom is -0.337 e. The predicted molar refractivity (Wildman–Crippen MR) is 106 cm³/mol. The van der Waals surface area contributed by atoms with Gasteiger partial charge in [-0.15, -0.1) is 0 Å². The molecule has 1 aromatic carbocycles. The van der Waals surface area contributed by atoms with Gasteiger partial charge in [-0.05, 0) is 24.6 Å². The van der Waals surface area contributed by atoms with Crippen LogP contribution in [0.15, 0.2) is 18.2 Å². The lowest BCUT2D eigenvalue weighted by molar-refractivity contribution is 0.0771. The van der Waals surface area contributed by atoms with E-state index in [0.29, 0.717) is 23.5 Å². The van der Waals surface area contributed by atoms with E-state index in [1.54, 1.807) is 0 Å². The summed E-state index contributed by atoms with van der Waals surface area (Å²) in [4.78, 5) is 27.5. The maximum absolute atomic E-state index is 12.9. The molecule has 27 heavy (non-hydrogen) atoms. The molecule has 0 unspecified atom stereocenters. The van der Waals surface area contributed by atoms with E-state index in [-0.39, 0.29) is 11.8 Å². The fraction of sp³-hybridized carbons (Fsp3) is 0.421. The molecule has 3 N–H and O–H groups in total. The van der Waals surface area contributed by atoms with Crippen molar-refractivity contribution in [3.05, 3.63) is 46.3 Å². The van der Waals surface area contributed by atoms with E-state index in [1.165, 1.54) is 0 Å². The third-order valence-corrected chi connectivity index (χ3v) is 6.07. The van der Waals surface area contributed by atoms with E-state index in [4.69, 9.17) is 0 Å². The molecule has 1 fully saturated rings. The summed E-state index contributed by atoms with van der Waals surface area (Å²) in [6, 6.07) is 5.47. The maximum Gasteiger partial charge on any atom is 0.276 e. The summed E-state index contributed by atoms with van der Waals surface area (Å²) in [5, 5.41) is 13.4. The summed E-state index contributed by atoms with van der Waals surface area (Å²) in [7, 11) is 0.